The molecule has 1 N–H and O–H groups in total. The summed E-state index contributed by atoms with van der Waals surface area (Å²) < 4.78 is 17.0. The maximum Gasteiger partial charge on any atom is 0.225 e. The van der Waals surface area contributed by atoms with Gasteiger partial charge in [-0.05, 0) is 37.7 Å². The first-order chi connectivity index (χ1) is 17.2. The third kappa shape index (κ3) is 7.93. The zero-order valence-corrected chi connectivity index (χ0v) is 20.1. The van der Waals surface area contributed by atoms with E-state index in [0.717, 1.165) is 37.7 Å². The molecule has 2 aliphatic rings. The van der Waals surface area contributed by atoms with Crippen molar-refractivity contribution in [3.05, 3.63) is 59.9 Å². The zero-order chi connectivity index (χ0) is 24.3. The number of aliphatic hydroxyl groups is 1. The molecular formula is C27H35N3O5. The molecule has 3 unspecified atom stereocenters. The van der Waals surface area contributed by atoms with Gasteiger partial charge in [0.05, 0.1) is 18.3 Å². The molecule has 2 aromatic rings. The largest absolute Gasteiger partial charge is 0.396 e. The lowest BCUT2D eigenvalue weighted by Crippen LogP contribution is -2.43. The van der Waals surface area contributed by atoms with Gasteiger partial charge in [-0.25, -0.2) is 9.97 Å². The number of ether oxygens (including phenoxy) is 3. The van der Waals surface area contributed by atoms with Crippen LogP contribution in [0.5, 0.6) is 0 Å². The second-order valence-electron chi connectivity index (χ2n) is 9.03. The highest BCUT2D eigenvalue weighted by atomic mass is 16.7. The second-order valence-corrected chi connectivity index (χ2v) is 9.03. The van der Waals surface area contributed by atoms with Crippen molar-refractivity contribution in [3.63, 3.8) is 0 Å². The summed E-state index contributed by atoms with van der Waals surface area (Å²) in [5, 5.41) is 9.78. The van der Waals surface area contributed by atoms with Crippen molar-refractivity contribution in [2.45, 2.75) is 44.5 Å². The van der Waals surface area contributed by atoms with Crippen molar-refractivity contribution in [2.75, 3.05) is 44.4 Å². The van der Waals surface area contributed by atoms with Gasteiger partial charge in [-0.3, -0.25) is 4.79 Å². The Hall–Kier alpha value is -2.65. The standard InChI is InChI=1S/C27H35N3O5/c31-19-22(10-9-21-6-2-1-3-7-21)11-12-24-18-30(13-15-33-24)27-28-16-23(17-29-27)25(32)20-35-26-8-4-5-14-34-26/h1-3,6-7,9-10,16-17,22,24,26,31H,4-5,8,11-15,18-20H2/b10-9+. The highest BCUT2D eigenvalue weighted by Crippen LogP contribution is 2.20. The van der Waals surface area contributed by atoms with Crippen LogP contribution in [0.3, 0.4) is 0 Å². The van der Waals surface area contributed by atoms with E-state index in [1.54, 1.807) is 12.4 Å². The molecule has 4 rings (SSSR count). The number of morpholine rings is 1. The van der Waals surface area contributed by atoms with E-state index in [9.17, 15) is 9.90 Å². The molecule has 3 heterocycles. The topological polar surface area (TPSA) is 94.0 Å². The van der Waals surface area contributed by atoms with Crippen molar-refractivity contribution >= 4 is 17.8 Å². The van der Waals surface area contributed by atoms with Crippen LogP contribution in [0.15, 0.2) is 48.8 Å². The smallest absolute Gasteiger partial charge is 0.225 e. The predicted molar refractivity (Wildman–Crippen MR) is 133 cm³/mol. The fourth-order valence-corrected chi connectivity index (χ4v) is 4.26. The van der Waals surface area contributed by atoms with Gasteiger partial charge >= 0.3 is 0 Å². The number of aliphatic hydroxyl groups excluding tert-OH is 1. The first-order valence-corrected chi connectivity index (χ1v) is 12.5. The van der Waals surface area contributed by atoms with Crippen molar-refractivity contribution < 1.29 is 24.1 Å². The Morgan fingerprint density at radius 3 is 2.74 bits per heavy atom. The fourth-order valence-electron chi connectivity index (χ4n) is 4.26. The molecule has 2 aliphatic heterocycles. The average molecular weight is 482 g/mol. The quantitative estimate of drug-likeness (QED) is 0.488. The number of anilines is 1. The van der Waals surface area contributed by atoms with E-state index in [2.05, 4.69) is 27.0 Å². The van der Waals surface area contributed by atoms with E-state index < -0.39 is 0 Å². The van der Waals surface area contributed by atoms with E-state index >= 15 is 0 Å². The minimum Gasteiger partial charge on any atom is -0.396 e. The minimum absolute atomic E-state index is 0.0300. The first kappa shape index (κ1) is 25.4. The Balaban J connectivity index is 1.24. The number of rotatable bonds is 11. The van der Waals surface area contributed by atoms with Gasteiger partial charge in [-0.1, -0.05) is 42.5 Å². The maximum atomic E-state index is 12.4. The van der Waals surface area contributed by atoms with Gasteiger partial charge < -0.3 is 24.2 Å². The zero-order valence-electron chi connectivity index (χ0n) is 20.1. The third-order valence-corrected chi connectivity index (χ3v) is 6.37. The molecule has 35 heavy (non-hydrogen) atoms. The number of benzene rings is 1. The maximum absolute atomic E-state index is 12.4. The first-order valence-electron chi connectivity index (χ1n) is 12.5. The summed E-state index contributed by atoms with van der Waals surface area (Å²) in [6.07, 6.45) is 11.6. The molecule has 0 aliphatic carbocycles. The van der Waals surface area contributed by atoms with Gasteiger partial charge in [0.2, 0.25) is 5.95 Å². The summed E-state index contributed by atoms with van der Waals surface area (Å²) in [7, 11) is 0. The average Bonchev–Trinajstić information content (AvgIpc) is 2.93. The Morgan fingerprint density at radius 1 is 1.17 bits per heavy atom. The Kier molecular flexibility index (Phi) is 9.77. The van der Waals surface area contributed by atoms with Crippen LogP contribution < -0.4 is 4.90 Å². The molecule has 0 spiro atoms. The molecular weight excluding hydrogens is 446 g/mol. The summed E-state index contributed by atoms with van der Waals surface area (Å²) in [6, 6.07) is 10.1. The number of hydrogen-bond donors (Lipinski definition) is 1. The lowest BCUT2D eigenvalue weighted by molar-refractivity contribution is -0.155. The van der Waals surface area contributed by atoms with Crippen LogP contribution in [0.2, 0.25) is 0 Å². The highest BCUT2D eigenvalue weighted by Gasteiger charge is 2.23. The molecule has 8 heteroatoms. The molecule has 0 radical (unpaired) electrons. The van der Waals surface area contributed by atoms with Crippen LogP contribution in [0.1, 0.15) is 48.0 Å². The fraction of sp³-hybridized carbons (Fsp3) is 0.519. The van der Waals surface area contributed by atoms with Crippen molar-refractivity contribution in [1.29, 1.82) is 0 Å². The van der Waals surface area contributed by atoms with Crippen LogP contribution in [-0.2, 0) is 14.2 Å². The predicted octanol–water partition coefficient (Wildman–Crippen LogP) is 3.51. The number of carbonyl (C=O) groups is 1. The Morgan fingerprint density at radius 2 is 2.00 bits per heavy atom. The molecule has 0 bridgehead atoms. The van der Waals surface area contributed by atoms with E-state index in [0.29, 0.717) is 37.8 Å². The Bertz CT molecular complexity index is 932. The van der Waals surface area contributed by atoms with Gasteiger partial charge in [-0.2, -0.15) is 0 Å². The van der Waals surface area contributed by atoms with Crippen LogP contribution in [0, 0.1) is 5.92 Å². The number of nitrogens with zero attached hydrogens (tertiary/aromatic N) is 3. The molecule has 2 saturated heterocycles. The number of hydrogen-bond acceptors (Lipinski definition) is 8. The number of Topliss-reactive ketones (excluding diaryl/α,β-unsaturated/α-hetero) is 1. The minimum atomic E-state index is -0.294. The van der Waals surface area contributed by atoms with Gasteiger partial charge in [-0.15, -0.1) is 0 Å². The van der Waals surface area contributed by atoms with Crippen molar-refractivity contribution in [3.8, 4) is 0 Å². The van der Waals surface area contributed by atoms with E-state index in [1.807, 2.05) is 30.3 Å². The highest BCUT2D eigenvalue weighted by molar-refractivity contribution is 5.96. The lowest BCUT2D eigenvalue weighted by atomic mass is 9.99. The van der Waals surface area contributed by atoms with E-state index in [4.69, 9.17) is 14.2 Å². The van der Waals surface area contributed by atoms with Gasteiger partial charge in [0.15, 0.2) is 12.1 Å². The molecule has 1 aromatic heterocycles. The normalized spacial score (nSPS) is 21.8. The molecule has 8 nitrogen and oxygen atoms in total. The SMILES string of the molecule is O=C(COC1CCCCO1)c1cnc(N2CCOC(CCC(/C=C/c3ccccc3)CO)C2)nc1. The van der Waals surface area contributed by atoms with Gasteiger partial charge in [0, 0.05) is 44.6 Å². The molecule has 3 atom stereocenters. The van der Waals surface area contributed by atoms with E-state index in [-0.39, 0.29) is 37.3 Å². The monoisotopic (exact) mass is 481 g/mol. The van der Waals surface area contributed by atoms with E-state index in [1.165, 1.54) is 0 Å². The number of ketones is 1. The van der Waals surface area contributed by atoms with Crippen LogP contribution in [0.4, 0.5) is 5.95 Å². The molecule has 188 valence electrons. The number of carbonyl (C=O) groups excluding carboxylic acids is 1. The molecule has 0 amide bonds. The van der Waals surface area contributed by atoms with Gasteiger partial charge in [0.25, 0.3) is 0 Å². The molecule has 2 fully saturated rings. The van der Waals surface area contributed by atoms with Crippen LogP contribution >= 0.6 is 0 Å². The summed E-state index contributed by atoms with van der Waals surface area (Å²) in [6.45, 7) is 2.72. The Labute approximate surface area is 206 Å². The number of aromatic nitrogens is 2. The second kappa shape index (κ2) is 13.4. The van der Waals surface area contributed by atoms with Gasteiger partial charge in [0.1, 0.15) is 6.61 Å². The van der Waals surface area contributed by atoms with Crippen LogP contribution in [0.25, 0.3) is 6.08 Å². The molecule has 1 aromatic carbocycles. The summed E-state index contributed by atoms with van der Waals surface area (Å²) >= 11 is 0. The lowest BCUT2D eigenvalue weighted by Gasteiger charge is -2.33. The summed E-state index contributed by atoms with van der Waals surface area (Å²) in [5.74, 6) is 0.523. The summed E-state index contributed by atoms with van der Waals surface area (Å²) in [4.78, 5) is 23.4. The summed E-state index contributed by atoms with van der Waals surface area (Å²) in [5.41, 5.74) is 1.56. The van der Waals surface area contributed by atoms with Crippen molar-refractivity contribution in [1.82, 2.24) is 9.97 Å². The third-order valence-electron chi connectivity index (χ3n) is 6.37. The molecule has 0 saturated carbocycles. The van der Waals surface area contributed by atoms with Crippen LogP contribution in [-0.4, -0.2) is 72.8 Å². The van der Waals surface area contributed by atoms with Crippen molar-refractivity contribution in [2.24, 2.45) is 5.92 Å².